The van der Waals surface area contributed by atoms with Crippen molar-refractivity contribution in [3.05, 3.63) is 29.3 Å². The average Bonchev–Trinajstić information content (AvgIpc) is 2.79. The lowest BCUT2D eigenvalue weighted by Gasteiger charge is -2.21. The molecule has 0 saturated carbocycles. The maximum absolute atomic E-state index is 12.1. The minimum Gasteiger partial charge on any atom is -0.369 e. The summed E-state index contributed by atoms with van der Waals surface area (Å²) in [6, 6.07) is 5.24. The normalized spacial score (nSPS) is 18.2. The SMILES string of the molecule is CNC(=O)c1cccc(C)c1N1CC(C(N)=O)CC1=O. The summed E-state index contributed by atoms with van der Waals surface area (Å²) < 4.78 is 0. The second kappa shape index (κ2) is 5.32. The minimum absolute atomic E-state index is 0.0941. The lowest BCUT2D eigenvalue weighted by Crippen LogP contribution is -2.31. The third-order valence-electron chi connectivity index (χ3n) is 3.51. The van der Waals surface area contributed by atoms with Crippen LogP contribution in [0.5, 0.6) is 0 Å². The number of para-hydroxylation sites is 1. The molecule has 6 heteroatoms. The molecule has 1 aliphatic rings. The van der Waals surface area contributed by atoms with Crippen LogP contribution >= 0.6 is 0 Å². The standard InChI is InChI=1S/C14H17N3O3/c1-8-4-3-5-10(14(20)16-2)12(8)17-7-9(13(15)19)6-11(17)18/h3-5,9H,6-7H2,1-2H3,(H2,15,19)(H,16,20). The van der Waals surface area contributed by atoms with E-state index >= 15 is 0 Å². The predicted molar refractivity (Wildman–Crippen MR) is 74.2 cm³/mol. The molecule has 2 rings (SSSR count). The smallest absolute Gasteiger partial charge is 0.253 e. The molecule has 1 atom stereocenters. The number of aryl methyl sites for hydroxylation is 1. The topological polar surface area (TPSA) is 92.5 Å². The summed E-state index contributed by atoms with van der Waals surface area (Å²) in [4.78, 5) is 36.7. The summed E-state index contributed by atoms with van der Waals surface area (Å²) in [7, 11) is 1.53. The highest BCUT2D eigenvalue weighted by molar-refractivity contribution is 6.07. The van der Waals surface area contributed by atoms with Gasteiger partial charge in [-0.15, -0.1) is 0 Å². The van der Waals surface area contributed by atoms with Crippen molar-refractivity contribution >= 4 is 23.4 Å². The van der Waals surface area contributed by atoms with E-state index in [9.17, 15) is 14.4 Å². The first kappa shape index (κ1) is 14.0. The largest absolute Gasteiger partial charge is 0.369 e. The Balaban J connectivity index is 2.45. The van der Waals surface area contributed by atoms with Gasteiger partial charge in [0.15, 0.2) is 0 Å². The molecule has 0 aliphatic carbocycles. The van der Waals surface area contributed by atoms with E-state index in [4.69, 9.17) is 5.73 Å². The van der Waals surface area contributed by atoms with Gasteiger partial charge in [-0.25, -0.2) is 0 Å². The van der Waals surface area contributed by atoms with E-state index in [0.717, 1.165) is 5.56 Å². The molecule has 1 aliphatic heterocycles. The molecule has 1 heterocycles. The Bertz CT molecular complexity index is 583. The van der Waals surface area contributed by atoms with Crippen molar-refractivity contribution in [2.75, 3.05) is 18.5 Å². The first-order chi connectivity index (χ1) is 9.45. The molecule has 6 nitrogen and oxygen atoms in total. The fourth-order valence-corrected chi connectivity index (χ4v) is 2.45. The van der Waals surface area contributed by atoms with Gasteiger partial charge < -0.3 is 16.0 Å². The molecule has 20 heavy (non-hydrogen) atoms. The predicted octanol–water partition coefficient (Wildman–Crippen LogP) is 0.193. The number of amides is 3. The van der Waals surface area contributed by atoms with Crippen LogP contribution in [0.1, 0.15) is 22.3 Å². The van der Waals surface area contributed by atoms with E-state index in [1.807, 2.05) is 13.0 Å². The Morgan fingerprint density at radius 2 is 2.10 bits per heavy atom. The van der Waals surface area contributed by atoms with Gasteiger partial charge in [0, 0.05) is 20.0 Å². The molecule has 3 N–H and O–H groups in total. The Morgan fingerprint density at radius 3 is 2.65 bits per heavy atom. The van der Waals surface area contributed by atoms with Crippen molar-refractivity contribution in [1.82, 2.24) is 5.32 Å². The number of nitrogens with one attached hydrogen (secondary N) is 1. The Labute approximate surface area is 116 Å². The van der Waals surface area contributed by atoms with Gasteiger partial charge in [0.25, 0.3) is 5.91 Å². The van der Waals surface area contributed by atoms with Crippen molar-refractivity contribution in [1.29, 1.82) is 0 Å². The summed E-state index contributed by atoms with van der Waals surface area (Å²) in [6.07, 6.45) is 0.0941. The van der Waals surface area contributed by atoms with Crippen LogP contribution in [0.4, 0.5) is 5.69 Å². The quantitative estimate of drug-likeness (QED) is 0.825. The zero-order valence-corrected chi connectivity index (χ0v) is 11.5. The molecule has 1 aromatic rings. The minimum atomic E-state index is -0.500. The van der Waals surface area contributed by atoms with E-state index in [1.54, 1.807) is 12.1 Å². The van der Waals surface area contributed by atoms with Crippen LogP contribution in [0.15, 0.2) is 18.2 Å². The van der Waals surface area contributed by atoms with Crippen LogP contribution in [-0.4, -0.2) is 31.3 Å². The molecular weight excluding hydrogens is 258 g/mol. The fraction of sp³-hybridized carbons (Fsp3) is 0.357. The summed E-state index contributed by atoms with van der Waals surface area (Å²) in [6.45, 7) is 2.05. The van der Waals surface area contributed by atoms with E-state index < -0.39 is 11.8 Å². The Morgan fingerprint density at radius 1 is 1.40 bits per heavy atom. The number of hydrogen-bond donors (Lipinski definition) is 2. The fourth-order valence-electron chi connectivity index (χ4n) is 2.45. The third kappa shape index (κ3) is 2.36. The number of carbonyl (C=O) groups excluding carboxylic acids is 3. The molecule has 0 radical (unpaired) electrons. The van der Waals surface area contributed by atoms with E-state index in [2.05, 4.69) is 5.32 Å². The van der Waals surface area contributed by atoms with Gasteiger partial charge in [-0.1, -0.05) is 12.1 Å². The molecule has 1 fully saturated rings. The number of carbonyl (C=O) groups is 3. The van der Waals surface area contributed by atoms with E-state index in [1.165, 1.54) is 11.9 Å². The summed E-state index contributed by atoms with van der Waals surface area (Å²) in [5, 5.41) is 2.55. The molecule has 0 spiro atoms. The molecular formula is C14H17N3O3. The van der Waals surface area contributed by atoms with Crippen molar-refractivity contribution in [2.45, 2.75) is 13.3 Å². The Hall–Kier alpha value is -2.37. The molecule has 1 aromatic carbocycles. The van der Waals surface area contributed by atoms with Crippen LogP contribution in [0, 0.1) is 12.8 Å². The number of nitrogens with zero attached hydrogens (tertiary/aromatic N) is 1. The van der Waals surface area contributed by atoms with E-state index in [-0.39, 0.29) is 24.8 Å². The number of hydrogen-bond acceptors (Lipinski definition) is 3. The number of primary amides is 1. The van der Waals surface area contributed by atoms with Crippen molar-refractivity contribution in [3.63, 3.8) is 0 Å². The van der Waals surface area contributed by atoms with Gasteiger partial charge in [0.05, 0.1) is 17.2 Å². The third-order valence-corrected chi connectivity index (χ3v) is 3.51. The maximum Gasteiger partial charge on any atom is 0.253 e. The highest BCUT2D eigenvalue weighted by Crippen LogP contribution is 2.31. The molecule has 1 unspecified atom stereocenters. The van der Waals surface area contributed by atoms with Gasteiger partial charge in [-0.05, 0) is 18.6 Å². The lowest BCUT2D eigenvalue weighted by atomic mass is 10.1. The zero-order chi connectivity index (χ0) is 14.9. The molecule has 106 valence electrons. The zero-order valence-electron chi connectivity index (χ0n) is 11.5. The molecule has 0 bridgehead atoms. The van der Waals surface area contributed by atoms with Crippen LogP contribution < -0.4 is 16.0 Å². The highest BCUT2D eigenvalue weighted by atomic mass is 16.2. The number of rotatable bonds is 3. The summed E-state index contributed by atoms with van der Waals surface area (Å²) >= 11 is 0. The summed E-state index contributed by atoms with van der Waals surface area (Å²) in [5.41, 5.74) is 7.05. The maximum atomic E-state index is 12.1. The van der Waals surface area contributed by atoms with Gasteiger partial charge in [-0.2, -0.15) is 0 Å². The molecule has 3 amide bonds. The first-order valence-electron chi connectivity index (χ1n) is 6.37. The monoisotopic (exact) mass is 275 g/mol. The second-order valence-corrected chi connectivity index (χ2v) is 4.86. The molecule has 1 saturated heterocycles. The van der Waals surface area contributed by atoms with Crippen LogP contribution in [0.2, 0.25) is 0 Å². The molecule has 0 aromatic heterocycles. The second-order valence-electron chi connectivity index (χ2n) is 4.86. The van der Waals surface area contributed by atoms with Gasteiger partial charge in [0.2, 0.25) is 11.8 Å². The first-order valence-corrected chi connectivity index (χ1v) is 6.37. The van der Waals surface area contributed by atoms with Gasteiger partial charge in [0.1, 0.15) is 0 Å². The van der Waals surface area contributed by atoms with Crippen molar-refractivity contribution < 1.29 is 14.4 Å². The van der Waals surface area contributed by atoms with Gasteiger partial charge in [-0.3, -0.25) is 14.4 Å². The van der Waals surface area contributed by atoms with Gasteiger partial charge >= 0.3 is 0 Å². The van der Waals surface area contributed by atoms with Crippen molar-refractivity contribution in [2.24, 2.45) is 11.7 Å². The number of nitrogens with two attached hydrogens (primary N) is 1. The van der Waals surface area contributed by atoms with Crippen molar-refractivity contribution in [3.8, 4) is 0 Å². The number of benzene rings is 1. The lowest BCUT2D eigenvalue weighted by molar-refractivity contribution is -0.123. The van der Waals surface area contributed by atoms with Crippen LogP contribution in [-0.2, 0) is 9.59 Å². The Kier molecular flexibility index (Phi) is 3.74. The van der Waals surface area contributed by atoms with E-state index in [0.29, 0.717) is 11.3 Å². The highest BCUT2D eigenvalue weighted by Gasteiger charge is 2.36. The summed E-state index contributed by atoms with van der Waals surface area (Å²) in [5.74, 6) is -1.44. The average molecular weight is 275 g/mol. The van der Waals surface area contributed by atoms with Crippen LogP contribution in [0.25, 0.3) is 0 Å². The number of anilines is 1. The van der Waals surface area contributed by atoms with Crippen LogP contribution in [0.3, 0.4) is 0 Å².